The van der Waals surface area contributed by atoms with Crippen molar-refractivity contribution in [1.29, 1.82) is 0 Å². The SMILES string of the molecule is COc1nc(NN)nc(NCc2ncccc2C)n1. The van der Waals surface area contributed by atoms with Crippen molar-refractivity contribution < 1.29 is 4.74 Å². The summed E-state index contributed by atoms with van der Waals surface area (Å²) in [4.78, 5) is 16.3. The Morgan fingerprint density at radius 1 is 1.26 bits per heavy atom. The minimum atomic E-state index is 0.184. The van der Waals surface area contributed by atoms with Crippen LogP contribution in [0, 0.1) is 6.92 Å². The highest BCUT2D eigenvalue weighted by molar-refractivity contribution is 5.35. The summed E-state index contributed by atoms with van der Waals surface area (Å²) in [6.45, 7) is 2.49. The first-order chi connectivity index (χ1) is 9.22. The topological polar surface area (TPSA) is 111 Å². The number of nitrogens with zero attached hydrogens (tertiary/aromatic N) is 4. The van der Waals surface area contributed by atoms with Crippen molar-refractivity contribution >= 4 is 11.9 Å². The molecule has 0 atom stereocenters. The largest absolute Gasteiger partial charge is 0.467 e. The summed E-state index contributed by atoms with van der Waals surface area (Å²) in [5.74, 6) is 5.87. The van der Waals surface area contributed by atoms with E-state index in [9.17, 15) is 0 Å². The summed E-state index contributed by atoms with van der Waals surface area (Å²) in [6, 6.07) is 4.06. The zero-order valence-electron chi connectivity index (χ0n) is 10.7. The van der Waals surface area contributed by atoms with Crippen molar-refractivity contribution in [2.24, 2.45) is 5.84 Å². The van der Waals surface area contributed by atoms with E-state index in [1.54, 1.807) is 6.20 Å². The van der Waals surface area contributed by atoms with E-state index < -0.39 is 0 Å². The zero-order valence-corrected chi connectivity index (χ0v) is 10.7. The van der Waals surface area contributed by atoms with E-state index in [0.29, 0.717) is 12.5 Å². The summed E-state index contributed by atoms with van der Waals surface area (Å²) in [7, 11) is 1.47. The molecule has 8 nitrogen and oxygen atoms in total. The maximum Gasteiger partial charge on any atom is 0.322 e. The van der Waals surface area contributed by atoms with Crippen LogP contribution in [0.2, 0.25) is 0 Å². The van der Waals surface area contributed by atoms with E-state index in [1.807, 2.05) is 19.1 Å². The van der Waals surface area contributed by atoms with E-state index in [-0.39, 0.29) is 12.0 Å². The minimum Gasteiger partial charge on any atom is -0.467 e. The smallest absolute Gasteiger partial charge is 0.322 e. The lowest BCUT2D eigenvalue weighted by atomic mass is 10.2. The number of rotatable bonds is 5. The molecular weight excluding hydrogens is 246 g/mol. The maximum atomic E-state index is 5.28. The fraction of sp³-hybridized carbons (Fsp3) is 0.273. The van der Waals surface area contributed by atoms with E-state index in [0.717, 1.165) is 11.3 Å². The molecule has 2 heterocycles. The lowest BCUT2D eigenvalue weighted by molar-refractivity contribution is 0.379. The summed E-state index contributed by atoms with van der Waals surface area (Å²) in [6.07, 6.45) is 1.74. The van der Waals surface area contributed by atoms with Crippen molar-refractivity contribution in [1.82, 2.24) is 19.9 Å². The van der Waals surface area contributed by atoms with Gasteiger partial charge < -0.3 is 10.1 Å². The molecule has 19 heavy (non-hydrogen) atoms. The van der Waals surface area contributed by atoms with Crippen molar-refractivity contribution in [3.8, 4) is 6.01 Å². The molecule has 0 unspecified atom stereocenters. The molecule has 0 bridgehead atoms. The highest BCUT2D eigenvalue weighted by Gasteiger charge is 2.06. The Bertz CT molecular complexity index is 538. The van der Waals surface area contributed by atoms with Crippen LogP contribution in [0.25, 0.3) is 0 Å². The molecule has 0 radical (unpaired) electrons. The van der Waals surface area contributed by atoms with Crippen LogP contribution in [0.4, 0.5) is 11.9 Å². The van der Waals surface area contributed by atoms with Crippen molar-refractivity contribution in [3.63, 3.8) is 0 Å². The predicted molar refractivity (Wildman–Crippen MR) is 70.5 cm³/mol. The number of anilines is 2. The van der Waals surface area contributed by atoms with Crippen LogP contribution in [0.5, 0.6) is 6.01 Å². The lowest BCUT2D eigenvalue weighted by Gasteiger charge is -2.08. The third kappa shape index (κ3) is 3.26. The second kappa shape index (κ2) is 5.91. The molecule has 4 N–H and O–H groups in total. The average Bonchev–Trinajstić information content (AvgIpc) is 2.46. The molecule has 0 saturated carbocycles. The molecule has 2 aromatic rings. The number of hydrogen-bond acceptors (Lipinski definition) is 8. The van der Waals surface area contributed by atoms with Crippen LogP contribution in [0.1, 0.15) is 11.3 Å². The normalized spacial score (nSPS) is 10.1. The molecule has 0 spiro atoms. The fourth-order valence-electron chi connectivity index (χ4n) is 1.46. The first-order valence-electron chi connectivity index (χ1n) is 5.64. The van der Waals surface area contributed by atoms with Crippen molar-refractivity contribution in [2.75, 3.05) is 17.9 Å². The Morgan fingerprint density at radius 3 is 2.74 bits per heavy atom. The van der Waals surface area contributed by atoms with Crippen LogP contribution >= 0.6 is 0 Å². The molecule has 100 valence electrons. The molecule has 8 heteroatoms. The van der Waals surface area contributed by atoms with E-state index in [4.69, 9.17) is 10.6 Å². The Kier molecular flexibility index (Phi) is 4.04. The zero-order chi connectivity index (χ0) is 13.7. The molecule has 0 aromatic carbocycles. The van der Waals surface area contributed by atoms with E-state index in [2.05, 4.69) is 30.7 Å². The van der Waals surface area contributed by atoms with Crippen LogP contribution in [0.3, 0.4) is 0 Å². The van der Waals surface area contributed by atoms with Gasteiger partial charge in [0.05, 0.1) is 19.3 Å². The van der Waals surface area contributed by atoms with E-state index in [1.165, 1.54) is 7.11 Å². The fourth-order valence-corrected chi connectivity index (χ4v) is 1.46. The van der Waals surface area contributed by atoms with Gasteiger partial charge in [0.15, 0.2) is 0 Å². The highest BCUT2D eigenvalue weighted by Crippen LogP contribution is 2.11. The average molecular weight is 261 g/mol. The Balaban J connectivity index is 2.13. The first-order valence-corrected chi connectivity index (χ1v) is 5.64. The van der Waals surface area contributed by atoms with Gasteiger partial charge in [-0.3, -0.25) is 10.4 Å². The molecule has 0 aliphatic rings. The van der Waals surface area contributed by atoms with Crippen molar-refractivity contribution in [3.05, 3.63) is 29.6 Å². The minimum absolute atomic E-state index is 0.184. The van der Waals surface area contributed by atoms with Gasteiger partial charge in [-0.2, -0.15) is 15.0 Å². The number of methoxy groups -OCH3 is 1. The number of nitrogens with two attached hydrogens (primary N) is 1. The number of ether oxygens (including phenoxy) is 1. The van der Waals surface area contributed by atoms with Gasteiger partial charge in [-0.15, -0.1) is 0 Å². The molecule has 2 rings (SSSR count). The second-order valence-electron chi connectivity index (χ2n) is 3.73. The summed E-state index contributed by atoms with van der Waals surface area (Å²) in [5.41, 5.74) is 4.37. The van der Waals surface area contributed by atoms with Crippen LogP contribution in [-0.4, -0.2) is 27.0 Å². The molecule has 0 aliphatic carbocycles. The summed E-state index contributed by atoms with van der Waals surface area (Å²) >= 11 is 0. The maximum absolute atomic E-state index is 5.28. The third-order valence-electron chi connectivity index (χ3n) is 2.46. The van der Waals surface area contributed by atoms with Gasteiger partial charge >= 0.3 is 6.01 Å². The molecule has 0 amide bonds. The van der Waals surface area contributed by atoms with Gasteiger partial charge in [0, 0.05) is 6.20 Å². The predicted octanol–water partition coefficient (Wildman–Crippen LogP) is 0.481. The van der Waals surface area contributed by atoms with Gasteiger partial charge in [0.25, 0.3) is 0 Å². The number of aryl methyl sites for hydroxylation is 1. The number of nitrogen functional groups attached to an aromatic ring is 1. The van der Waals surface area contributed by atoms with Gasteiger partial charge in [-0.1, -0.05) is 6.07 Å². The van der Waals surface area contributed by atoms with Crippen LogP contribution in [0.15, 0.2) is 18.3 Å². The van der Waals surface area contributed by atoms with Crippen LogP contribution < -0.4 is 21.3 Å². The Hall–Kier alpha value is -2.48. The third-order valence-corrected chi connectivity index (χ3v) is 2.46. The van der Waals surface area contributed by atoms with Gasteiger partial charge in [0.1, 0.15) is 0 Å². The highest BCUT2D eigenvalue weighted by atomic mass is 16.5. The van der Waals surface area contributed by atoms with E-state index >= 15 is 0 Å². The molecular formula is C11H15N7O. The molecule has 0 saturated heterocycles. The number of aromatic nitrogens is 4. The number of pyridine rings is 1. The first kappa shape index (κ1) is 13.0. The van der Waals surface area contributed by atoms with Crippen LogP contribution in [-0.2, 0) is 6.54 Å². The molecule has 0 fully saturated rings. The summed E-state index contributed by atoms with van der Waals surface area (Å²) < 4.78 is 4.96. The number of hydrazine groups is 1. The Morgan fingerprint density at radius 2 is 2.05 bits per heavy atom. The van der Waals surface area contributed by atoms with Gasteiger partial charge in [0.2, 0.25) is 11.9 Å². The Labute approximate surface area is 110 Å². The monoisotopic (exact) mass is 261 g/mol. The summed E-state index contributed by atoms with van der Waals surface area (Å²) in [5, 5.41) is 3.05. The number of nitrogens with one attached hydrogen (secondary N) is 2. The standard InChI is InChI=1S/C11H15N7O/c1-7-4-3-5-13-8(7)6-14-9-15-10(18-12)17-11(16-9)19-2/h3-5H,6,12H2,1-2H3,(H2,14,15,16,17,18). The second-order valence-corrected chi connectivity index (χ2v) is 3.73. The van der Waals surface area contributed by atoms with Crippen molar-refractivity contribution in [2.45, 2.75) is 13.5 Å². The lowest BCUT2D eigenvalue weighted by Crippen LogP contribution is -2.14. The van der Waals surface area contributed by atoms with Gasteiger partial charge in [-0.25, -0.2) is 5.84 Å². The number of hydrogen-bond donors (Lipinski definition) is 3. The molecule has 0 aliphatic heterocycles. The molecule has 2 aromatic heterocycles. The quantitative estimate of drug-likeness (QED) is 0.526. The van der Waals surface area contributed by atoms with Gasteiger partial charge in [-0.05, 0) is 18.6 Å².